The number of ketones is 2. The Morgan fingerprint density at radius 2 is 0.940 bits per heavy atom. The first-order valence-corrected chi connectivity index (χ1v) is 21.4. The lowest BCUT2D eigenvalue weighted by Crippen LogP contribution is -2.54. The number of amides is 2. The molecule has 0 radical (unpaired) electrons. The summed E-state index contributed by atoms with van der Waals surface area (Å²) in [6, 6.07) is 15.0. The number of hydrogen-bond donors (Lipinski definition) is 2. The van der Waals surface area contributed by atoms with Crippen LogP contribution in [0.15, 0.2) is 58.3 Å². The summed E-state index contributed by atoms with van der Waals surface area (Å²) >= 11 is 2.90. The molecular formula is C36H50N4O6S4. The van der Waals surface area contributed by atoms with E-state index in [0.29, 0.717) is 62.1 Å². The molecule has 2 aromatic rings. The molecule has 0 unspecified atom stereocenters. The minimum Gasteiger partial charge on any atom is -0.379 e. The number of nitrogens with zero attached hydrogens (tertiary/aromatic N) is 2. The molecule has 14 heteroatoms. The number of Topliss-reactive ketones (excluding diaryl/α,β-unsaturated/α-hetero) is 2. The molecule has 2 amide bonds. The van der Waals surface area contributed by atoms with Gasteiger partial charge in [-0.05, 0) is 52.0 Å². The molecule has 2 fully saturated rings. The summed E-state index contributed by atoms with van der Waals surface area (Å²) in [6.45, 7) is 14.6. The van der Waals surface area contributed by atoms with Gasteiger partial charge in [0.2, 0.25) is 11.8 Å². The molecule has 0 aromatic heterocycles. The topological polar surface area (TPSA) is 117 Å². The standard InChI is InChI=1S/C36H50N4O6S4/c1-35(2,39-15-19-45-20-16-39)33(43)27-5-9-29(10-6-27)47-25-31(41)37-13-23-49-50-24-14-38-32(42)26-48-30-11-7-28(8-12-30)34(44)36(3,4)40-17-21-46-22-18-40/h5-12H,13-26H2,1-4H3,(H,37,41)(H,38,42). The second kappa shape index (κ2) is 20.3. The summed E-state index contributed by atoms with van der Waals surface area (Å²) in [5.41, 5.74) is 0.151. The average molecular weight is 763 g/mol. The van der Waals surface area contributed by atoms with Crippen LogP contribution in [0.2, 0.25) is 0 Å². The molecule has 274 valence electrons. The van der Waals surface area contributed by atoms with Crippen LogP contribution in [-0.4, -0.2) is 133 Å². The normalized spacial score (nSPS) is 16.2. The molecule has 2 aliphatic rings. The number of benzene rings is 2. The number of hydrogen-bond acceptors (Lipinski definition) is 12. The number of thioether (sulfide) groups is 2. The molecule has 0 saturated carbocycles. The van der Waals surface area contributed by atoms with Crippen LogP contribution >= 0.6 is 45.1 Å². The summed E-state index contributed by atoms with van der Waals surface area (Å²) in [5, 5.41) is 5.90. The molecule has 0 atom stereocenters. The molecule has 2 heterocycles. The highest BCUT2D eigenvalue weighted by atomic mass is 33.1. The number of nitrogens with one attached hydrogen (secondary N) is 2. The third-order valence-corrected chi connectivity index (χ3v) is 13.2. The van der Waals surface area contributed by atoms with Crippen molar-refractivity contribution in [2.24, 2.45) is 0 Å². The van der Waals surface area contributed by atoms with E-state index >= 15 is 0 Å². The van der Waals surface area contributed by atoms with Gasteiger partial charge in [-0.25, -0.2) is 0 Å². The first-order chi connectivity index (χ1) is 24.0. The third kappa shape index (κ3) is 12.3. The van der Waals surface area contributed by atoms with Crippen LogP contribution in [-0.2, 0) is 19.1 Å². The van der Waals surface area contributed by atoms with Gasteiger partial charge in [0.05, 0.1) is 49.0 Å². The molecule has 50 heavy (non-hydrogen) atoms. The molecule has 2 N–H and O–H groups in total. The second-order valence-corrected chi connectivity index (χ2v) is 17.7. The van der Waals surface area contributed by atoms with Crippen molar-refractivity contribution >= 4 is 68.5 Å². The Labute approximate surface area is 313 Å². The van der Waals surface area contributed by atoms with Crippen LogP contribution in [0.25, 0.3) is 0 Å². The van der Waals surface area contributed by atoms with Gasteiger partial charge >= 0.3 is 0 Å². The van der Waals surface area contributed by atoms with Crippen molar-refractivity contribution in [3.63, 3.8) is 0 Å². The second-order valence-electron chi connectivity index (χ2n) is 12.9. The molecule has 0 bridgehead atoms. The minimum absolute atomic E-state index is 0.0305. The zero-order valence-corrected chi connectivity index (χ0v) is 32.8. The molecule has 0 spiro atoms. The van der Waals surface area contributed by atoms with Crippen molar-refractivity contribution in [1.29, 1.82) is 0 Å². The van der Waals surface area contributed by atoms with Gasteiger partial charge in [-0.3, -0.25) is 29.0 Å². The number of ether oxygens (including phenoxy) is 2. The molecule has 0 aliphatic carbocycles. The van der Waals surface area contributed by atoms with Crippen LogP contribution in [0.4, 0.5) is 0 Å². The van der Waals surface area contributed by atoms with Gasteiger partial charge in [-0.1, -0.05) is 45.9 Å². The summed E-state index contributed by atoms with van der Waals surface area (Å²) < 4.78 is 10.9. The number of carbonyl (C=O) groups excluding carboxylic acids is 4. The Morgan fingerprint density at radius 1 is 0.600 bits per heavy atom. The molecular weight excluding hydrogens is 713 g/mol. The summed E-state index contributed by atoms with van der Waals surface area (Å²) in [4.78, 5) is 57.2. The highest BCUT2D eigenvalue weighted by Gasteiger charge is 2.37. The van der Waals surface area contributed by atoms with Crippen LogP contribution < -0.4 is 10.6 Å². The maximum Gasteiger partial charge on any atom is 0.230 e. The largest absolute Gasteiger partial charge is 0.379 e. The van der Waals surface area contributed by atoms with Gasteiger partial charge in [0.1, 0.15) is 0 Å². The van der Waals surface area contributed by atoms with Gasteiger partial charge in [-0.15, -0.1) is 23.5 Å². The van der Waals surface area contributed by atoms with Gasteiger partial charge in [0, 0.05) is 71.7 Å². The van der Waals surface area contributed by atoms with Crippen LogP contribution in [0.5, 0.6) is 0 Å². The van der Waals surface area contributed by atoms with Gasteiger partial charge in [-0.2, -0.15) is 0 Å². The first kappa shape index (κ1) is 40.7. The maximum absolute atomic E-state index is 13.2. The van der Waals surface area contributed by atoms with E-state index in [1.54, 1.807) is 21.6 Å². The number of rotatable bonds is 19. The number of carbonyl (C=O) groups is 4. The van der Waals surface area contributed by atoms with E-state index in [-0.39, 0.29) is 23.4 Å². The monoisotopic (exact) mass is 762 g/mol. The van der Waals surface area contributed by atoms with E-state index in [9.17, 15) is 19.2 Å². The Hall–Kier alpha value is -2.04. The number of morpholine rings is 2. The summed E-state index contributed by atoms with van der Waals surface area (Å²) in [5.74, 6) is 2.26. The third-order valence-electron chi connectivity index (χ3n) is 8.79. The van der Waals surface area contributed by atoms with E-state index in [1.807, 2.05) is 76.2 Å². The molecule has 10 nitrogen and oxygen atoms in total. The van der Waals surface area contributed by atoms with Gasteiger partial charge < -0.3 is 20.1 Å². The zero-order chi connectivity index (χ0) is 36.0. The van der Waals surface area contributed by atoms with Crippen molar-refractivity contribution in [3.8, 4) is 0 Å². The molecule has 2 saturated heterocycles. The van der Waals surface area contributed by atoms with Gasteiger partial charge in [0.25, 0.3) is 0 Å². The summed E-state index contributed by atoms with van der Waals surface area (Å²) in [7, 11) is 3.32. The predicted octanol–water partition coefficient (Wildman–Crippen LogP) is 4.77. The lowest BCUT2D eigenvalue weighted by atomic mass is 9.91. The highest BCUT2D eigenvalue weighted by Crippen LogP contribution is 2.26. The molecule has 2 aromatic carbocycles. The van der Waals surface area contributed by atoms with E-state index < -0.39 is 11.1 Å². The Kier molecular flexibility index (Phi) is 16.5. The SMILES string of the molecule is CC(C)(C(=O)c1ccc(SCC(=O)NCCSSCCNC(=O)CSc2ccc(C(=O)C(C)(C)N3CCOCC3)cc2)cc1)N1CCOCC1. The van der Waals surface area contributed by atoms with Crippen LogP contribution in [0, 0.1) is 0 Å². The maximum atomic E-state index is 13.2. The van der Waals surface area contributed by atoms with Crippen molar-refractivity contribution in [3.05, 3.63) is 59.7 Å². The first-order valence-electron chi connectivity index (χ1n) is 17.0. The fraction of sp³-hybridized carbons (Fsp3) is 0.556. The van der Waals surface area contributed by atoms with E-state index in [2.05, 4.69) is 20.4 Å². The van der Waals surface area contributed by atoms with Crippen LogP contribution in [0.3, 0.4) is 0 Å². The van der Waals surface area contributed by atoms with Crippen molar-refractivity contribution < 1.29 is 28.7 Å². The zero-order valence-electron chi connectivity index (χ0n) is 29.5. The summed E-state index contributed by atoms with van der Waals surface area (Å²) in [6.07, 6.45) is 0. The van der Waals surface area contributed by atoms with Crippen LogP contribution in [0.1, 0.15) is 48.4 Å². The lowest BCUT2D eigenvalue weighted by Gasteiger charge is -2.39. The van der Waals surface area contributed by atoms with Crippen molar-refractivity contribution in [1.82, 2.24) is 20.4 Å². The van der Waals surface area contributed by atoms with Gasteiger partial charge in [0.15, 0.2) is 11.6 Å². The highest BCUT2D eigenvalue weighted by molar-refractivity contribution is 8.76. The Bertz CT molecular complexity index is 1310. The van der Waals surface area contributed by atoms with E-state index in [1.165, 1.54) is 23.5 Å². The molecule has 4 rings (SSSR count). The Balaban J connectivity index is 1.02. The predicted molar refractivity (Wildman–Crippen MR) is 207 cm³/mol. The smallest absolute Gasteiger partial charge is 0.230 e. The van der Waals surface area contributed by atoms with E-state index in [4.69, 9.17) is 9.47 Å². The van der Waals surface area contributed by atoms with E-state index in [0.717, 1.165) is 47.5 Å². The Morgan fingerprint density at radius 3 is 1.28 bits per heavy atom. The van der Waals surface area contributed by atoms with Crippen molar-refractivity contribution in [2.75, 3.05) is 88.7 Å². The fourth-order valence-corrected chi connectivity index (χ4v) is 8.90. The molecule has 2 aliphatic heterocycles. The average Bonchev–Trinajstić information content (AvgIpc) is 3.14. The van der Waals surface area contributed by atoms with Crippen molar-refractivity contribution in [2.45, 2.75) is 48.6 Å². The quantitative estimate of drug-likeness (QED) is 0.0889. The lowest BCUT2D eigenvalue weighted by molar-refractivity contribution is -0.119. The fourth-order valence-electron chi connectivity index (χ4n) is 5.63. The minimum atomic E-state index is -0.595.